The summed E-state index contributed by atoms with van der Waals surface area (Å²) in [5.74, 6) is 0. The molecule has 0 aromatic carbocycles. The van der Waals surface area contributed by atoms with Gasteiger partial charge in [0, 0.05) is 6.61 Å². The number of hydrogen-bond acceptors (Lipinski definition) is 5. The van der Waals surface area contributed by atoms with E-state index < -0.39 is 7.82 Å². The van der Waals surface area contributed by atoms with Crippen molar-refractivity contribution in [2.75, 3.05) is 19.8 Å². The summed E-state index contributed by atoms with van der Waals surface area (Å²) in [6, 6.07) is 0. The van der Waals surface area contributed by atoms with Crippen molar-refractivity contribution in [3.8, 4) is 0 Å². The molecule has 0 heterocycles. The van der Waals surface area contributed by atoms with Crippen LogP contribution in [0.3, 0.4) is 0 Å². The molecule has 8 heteroatoms. The third kappa shape index (κ3) is 21.4. The van der Waals surface area contributed by atoms with E-state index in [2.05, 4.69) is 11.4 Å². The molecule has 86 valence electrons. The molecular formula is C8H17Na2O5P. The van der Waals surface area contributed by atoms with Gasteiger partial charge in [-0.25, -0.2) is 0 Å². The number of unbranched alkanes of at least 4 members (excludes halogenated alkanes) is 3. The Labute approximate surface area is 141 Å². The first-order valence-electron chi connectivity index (χ1n) is 4.80. The predicted octanol–water partition coefficient (Wildman–Crippen LogP) is -5.56. The van der Waals surface area contributed by atoms with E-state index in [1.165, 1.54) is 12.8 Å². The molecular weight excluding hydrogens is 253 g/mol. The normalized spacial score (nSPS) is 10.4. The van der Waals surface area contributed by atoms with E-state index >= 15 is 0 Å². The van der Waals surface area contributed by atoms with Crippen LogP contribution < -0.4 is 68.9 Å². The van der Waals surface area contributed by atoms with Crippen molar-refractivity contribution in [1.29, 1.82) is 0 Å². The summed E-state index contributed by atoms with van der Waals surface area (Å²) in [6.07, 6.45) is 4.41. The fourth-order valence-electron chi connectivity index (χ4n) is 0.941. The van der Waals surface area contributed by atoms with Crippen LogP contribution in [0.5, 0.6) is 0 Å². The zero-order valence-corrected chi connectivity index (χ0v) is 15.3. The van der Waals surface area contributed by atoms with Crippen molar-refractivity contribution in [2.24, 2.45) is 0 Å². The summed E-state index contributed by atoms with van der Waals surface area (Å²) in [5, 5.41) is 0. The van der Waals surface area contributed by atoms with Gasteiger partial charge in [0.25, 0.3) is 0 Å². The Kier molecular flexibility index (Phi) is 21.9. The Morgan fingerprint density at radius 1 is 1.00 bits per heavy atom. The van der Waals surface area contributed by atoms with Gasteiger partial charge in [0.2, 0.25) is 0 Å². The molecule has 16 heavy (non-hydrogen) atoms. The van der Waals surface area contributed by atoms with E-state index in [0.29, 0.717) is 6.61 Å². The molecule has 0 unspecified atom stereocenters. The summed E-state index contributed by atoms with van der Waals surface area (Å²) in [5.41, 5.74) is 0. The van der Waals surface area contributed by atoms with Crippen LogP contribution in [0.1, 0.15) is 32.6 Å². The van der Waals surface area contributed by atoms with Crippen molar-refractivity contribution < 1.29 is 82.7 Å². The Bertz CT molecular complexity index is 176. The van der Waals surface area contributed by atoms with Crippen molar-refractivity contribution in [3.63, 3.8) is 0 Å². The first kappa shape index (κ1) is 23.2. The molecule has 0 bridgehead atoms. The van der Waals surface area contributed by atoms with E-state index in [1.807, 2.05) is 0 Å². The number of ether oxygens (including phenoxy) is 1. The quantitative estimate of drug-likeness (QED) is 0.237. The molecule has 0 amide bonds. The second kappa shape index (κ2) is 15.1. The van der Waals surface area contributed by atoms with Gasteiger partial charge in [0.05, 0.1) is 21.0 Å². The smallest absolute Gasteiger partial charge is 0.790 e. The van der Waals surface area contributed by atoms with E-state index in [-0.39, 0.29) is 72.3 Å². The monoisotopic (exact) mass is 270 g/mol. The van der Waals surface area contributed by atoms with Gasteiger partial charge < -0.3 is 23.6 Å². The molecule has 0 radical (unpaired) electrons. The molecule has 0 aliphatic rings. The molecule has 0 fully saturated rings. The van der Waals surface area contributed by atoms with Crippen LogP contribution in [-0.4, -0.2) is 19.8 Å². The zero-order valence-electron chi connectivity index (χ0n) is 10.4. The number of phosphoric acid groups is 1. The van der Waals surface area contributed by atoms with Crippen LogP contribution in [0.2, 0.25) is 0 Å². The summed E-state index contributed by atoms with van der Waals surface area (Å²) in [4.78, 5) is 20.0. The van der Waals surface area contributed by atoms with Crippen LogP contribution in [0.25, 0.3) is 0 Å². The first-order chi connectivity index (χ1) is 6.56. The SMILES string of the molecule is CCCCCCOCCOP(=O)([O-])[O-].[Na+].[Na+]. The maximum atomic E-state index is 10.00. The first-order valence-corrected chi connectivity index (χ1v) is 6.26. The Balaban J connectivity index is -0.000000845. The fourth-order valence-corrected chi connectivity index (χ4v) is 1.24. The third-order valence-corrected chi connectivity index (χ3v) is 2.12. The molecule has 0 rings (SSSR count). The molecule has 0 aromatic rings. The Morgan fingerprint density at radius 3 is 2.12 bits per heavy atom. The van der Waals surface area contributed by atoms with Crippen LogP contribution in [0, 0.1) is 0 Å². The molecule has 0 aliphatic carbocycles. The standard InChI is InChI=1S/C8H19O5P.2Na/c1-2-3-4-5-6-12-7-8-13-14(9,10)11;;/h2-8H2,1H3,(H2,9,10,11);;/q;2*+1/p-2. The summed E-state index contributed by atoms with van der Waals surface area (Å²) < 4.78 is 19.0. The fraction of sp³-hybridized carbons (Fsp3) is 1.00. The van der Waals surface area contributed by atoms with Crippen molar-refractivity contribution in [1.82, 2.24) is 0 Å². The van der Waals surface area contributed by atoms with E-state index in [9.17, 15) is 14.4 Å². The van der Waals surface area contributed by atoms with E-state index in [1.54, 1.807) is 0 Å². The number of phosphoric ester groups is 1. The van der Waals surface area contributed by atoms with Crippen LogP contribution >= 0.6 is 7.82 Å². The van der Waals surface area contributed by atoms with Crippen molar-refractivity contribution in [2.45, 2.75) is 32.6 Å². The summed E-state index contributed by atoms with van der Waals surface area (Å²) in [7, 11) is -4.81. The van der Waals surface area contributed by atoms with E-state index in [0.717, 1.165) is 12.8 Å². The second-order valence-electron chi connectivity index (χ2n) is 2.95. The van der Waals surface area contributed by atoms with Crippen molar-refractivity contribution in [3.05, 3.63) is 0 Å². The minimum absolute atomic E-state index is 0. The largest absolute Gasteiger partial charge is 1.00 e. The summed E-state index contributed by atoms with van der Waals surface area (Å²) in [6.45, 7) is 2.68. The van der Waals surface area contributed by atoms with Crippen molar-refractivity contribution >= 4 is 7.82 Å². The average molecular weight is 270 g/mol. The van der Waals surface area contributed by atoms with Gasteiger partial charge >= 0.3 is 59.1 Å². The average Bonchev–Trinajstić information content (AvgIpc) is 2.08. The van der Waals surface area contributed by atoms with Gasteiger partial charge in [-0.1, -0.05) is 26.2 Å². The molecule has 0 saturated heterocycles. The van der Waals surface area contributed by atoms with Gasteiger partial charge in [-0.15, -0.1) is 0 Å². The van der Waals surface area contributed by atoms with Gasteiger partial charge in [-0.3, -0.25) is 0 Å². The van der Waals surface area contributed by atoms with Crippen LogP contribution in [-0.2, 0) is 13.8 Å². The molecule has 0 saturated carbocycles. The molecule has 0 N–H and O–H groups in total. The molecule has 5 nitrogen and oxygen atoms in total. The maximum absolute atomic E-state index is 10.00. The van der Waals surface area contributed by atoms with Crippen LogP contribution in [0.15, 0.2) is 0 Å². The van der Waals surface area contributed by atoms with E-state index in [4.69, 9.17) is 4.74 Å². The minimum Gasteiger partial charge on any atom is -0.790 e. The van der Waals surface area contributed by atoms with Gasteiger partial charge in [-0.05, 0) is 6.42 Å². The number of rotatable bonds is 9. The molecule has 0 spiro atoms. The molecule has 0 aromatic heterocycles. The Morgan fingerprint density at radius 2 is 1.62 bits per heavy atom. The third-order valence-electron chi connectivity index (χ3n) is 1.62. The topological polar surface area (TPSA) is 81.7 Å². The summed E-state index contributed by atoms with van der Waals surface area (Å²) >= 11 is 0. The maximum Gasteiger partial charge on any atom is 1.00 e. The van der Waals surface area contributed by atoms with Gasteiger partial charge in [0.1, 0.15) is 0 Å². The second-order valence-corrected chi connectivity index (χ2v) is 4.11. The molecule has 0 atom stereocenters. The minimum atomic E-state index is -4.81. The van der Waals surface area contributed by atoms with Crippen LogP contribution in [0.4, 0.5) is 0 Å². The number of hydrogen-bond donors (Lipinski definition) is 0. The van der Waals surface area contributed by atoms with Gasteiger partial charge in [-0.2, -0.15) is 0 Å². The molecule has 0 aliphatic heterocycles. The zero-order chi connectivity index (χ0) is 10.9. The van der Waals surface area contributed by atoms with Gasteiger partial charge in [0.15, 0.2) is 0 Å². The Hall–Kier alpha value is 2.07. The predicted molar refractivity (Wildman–Crippen MR) is 48.5 cm³/mol.